The fraction of sp³-hybridized carbons (Fsp3) is 0.714. The van der Waals surface area contributed by atoms with E-state index in [1.165, 1.54) is 6.08 Å². The maximum Gasteiger partial charge on any atom is 0.410 e. The SMILES string of the molecule is C=CC(=O)NC1CC2CC1CN2C(=O)OC(C)(C)C. The van der Waals surface area contributed by atoms with Gasteiger partial charge in [-0.2, -0.15) is 0 Å². The summed E-state index contributed by atoms with van der Waals surface area (Å²) in [5.41, 5.74) is -0.463. The van der Waals surface area contributed by atoms with Gasteiger partial charge in [0.05, 0.1) is 0 Å². The number of nitrogens with one attached hydrogen (secondary N) is 1. The summed E-state index contributed by atoms with van der Waals surface area (Å²) in [5, 5.41) is 2.93. The van der Waals surface area contributed by atoms with Gasteiger partial charge in [0.1, 0.15) is 5.60 Å². The van der Waals surface area contributed by atoms with E-state index in [9.17, 15) is 9.59 Å². The number of carbonyl (C=O) groups excluding carboxylic acids is 2. The molecule has 5 heteroatoms. The molecule has 3 unspecified atom stereocenters. The summed E-state index contributed by atoms with van der Waals surface area (Å²) < 4.78 is 5.40. The predicted octanol–water partition coefficient (Wildman–Crippen LogP) is 1.69. The van der Waals surface area contributed by atoms with Gasteiger partial charge in [-0.15, -0.1) is 0 Å². The lowest BCUT2D eigenvalue weighted by molar-refractivity contribution is -0.117. The monoisotopic (exact) mass is 266 g/mol. The second-order valence-electron chi connectivity index (χ2n) is 6.34. The molecule has 1 saturated carbocycles. The Morgan fingerprint density at radius 1 is 1.37 bits per heavy atom. The van der Waals surface area contributed by atoms with E-state index >= 15 is 0 Å². The average Bonchev–Trinajstić information content (AvgIpc) is 2.85. The fourth-order valence-electron chi connectivity index (χ4n) is 2.92. The smallest absolute Gasteiger partial charge is 0.410 e. The molecule has 5 nitrogen and oxygen atoms in total. The van der Waals surface area contributed by atoms with E-state index in [4.69, 9.17) is 4.74 Å². The van der Waals surface area contributed by atoms with E-state index in [1.54, 1.807) is 4.90 Å². The number of likely N-dealkylation sites (tertiary alicyclic amines) is 1. The second-order valence-corrected chi connectivity index (χ2v) is 6.34. The Labute approximate surface area is 114 Å². The molecule has 2 bridgehead atoms. The molecule has 0 aromatic carbocycles. The molecule has 1 heterocycles. The van der Waals surface area contributed by atoms with Gasteiger partial charge in [0.25, 0.3) is 0 Å². The summed E-state index contributed by atoms with van der Waals surface area (Å²) in [7, 11) is 0. The molecule has 2 aliphatic rings. The minimum absolute atomic E-state index is 0.138. The van der Waals surface area contributed by atoms with Crippen molar-refractivity contribution in [3.05, 3.63) is 12.7 Å². The van der Waals surface area contributed by atoms with Crippen molar-refractivity contribution in [2.75, 3.05) is 6.54 Å². The molecule has 3 atom stereocenters. The van der Waals surface area contributed by atoms with Gasteiger partial charge in [-0.3, -0.25) is 4.79 Å². The molecule has 1 aliphatic heterocycles. The lowest BCUT2D eigenvalue weighted by atomic mass is 10.0. The standard InChI is InChI=1S/C14H22N2O3/c1-5-12(17)15-11-7-10-6-9(11)8-16(10)13(18)19-14(2,3)4/h5,9-11H,1,6-8H2,2-4H3,(H,15,17). The second kappa shape index (κ2) is 4.87. The first-order chi connectivity index (χ1) is 8.80. The number of nitrogens with zero attached hydrogens (tertiary/aromatic N) is 1. The largest absolute Gasteiger partial charge is 0.444 e. The van der Waals surface area contributed by atoms with Crippen LogP contribution in [0.15, 0.2) is 12.7 Å². The molecule has 2 amide bonds. The Morgan fingerprint density at radius 3 is 2.53 bits per heavy atom. The number of rotatable bonds is 2. The molecular formula is C14H22N2O3. The summed E-state index contributed by atoms with van der Waals surface area (Å²) in [6.45, 7) is 9.72. The molecule has 1 aliphatic carbocycles. The van der Waals surface area contributed by atoms with Crippen molar-refractivity contribution in [3.8, 4) is 0 Å². The van der Waals surface area contributed by atoms with E-state index < -0.39 is 5.60 Å². The topological polar surface area (TPSA) is 58.6 Å². The molecule has 1 saturated heterocycles. The van der Waals surface area contributed by atoms with Crippen LogP contribution in [0, 0.1) is 5.92 Å². The number of carbonyl (C=O) groups is 2. The van der Waals surface area contributed by atoms with E-state index in [-0.39, 0.29) is 24.1 Å². The Balaban J connectivity index is 1.90. The maximum absolute atomic E-state index is 12.0. The van der Waals surface area contributed by atoms with Crippen molar-refractivity contribution < 1.29 is 14.3 Å². The maximum atomic E-state index is 12.0. The van der Waals surface area contributed by atoms with Gasteiger partial charge in [-0.1, -0.05) is 6.58 Å². The Bertz CT molecular complexity index is 400. The molecule has 0 aromatic heterocycles. The van der Waals surface area contributed by atoms with Gasteiger partial charge in [0.15, 0.2) is 0 Å². The first-order valence-corrected chi connectivity index (χ1v) is 6.72. The number of amides is 2. The number of fused-ring (bicyclic) bond motifs is 2. The van der Waals surface area contributed by atoms with Crippen molar-refractivity contribution in [1.82, 2.24) is 10.2 Å². The zero-order chi connectivity index (χ0) is 14.2. The highest BCUT2D eigenvalue weighted by atomic mass is 16.6. The van der Waals surface area contributed by atoms with Crippen molar-refractivity contribution in [2.24, 2.45) is 5.92 Å². The quantitative estimate of drug-likeness (QED) is 0.774. The highest BCUT2D eigenvalue weighted by Crippen LogP contribution is 2.38. The van der Waals surface area contributed by atoms with E-state index in [0.717, 1.165) is 12.8 Å². The summed E-state index contributed by atoms with van der Waals surface area (Å²) in [6.07, 6.45) is 2.80. The minimum atomic E-state index is -0.463. The van der Waals surface area contributed by atoms with Gasteiger partial charge in [0.2, 0.25) is 5.91 Å². The van der Waals surface area contributed by atoms with Crippen LogP contribution >= 0.6 is 0 Å². The molecule has 0 radical (unpaired) electrons. The zero-order valence-corrected chi connectivity index (χ0v) is 11.8. The summed E-state index contributed by atoms with van der Waals surface area (Å²) in [5.74, 6) is 0.197. The fourth-order valence-corrected chi connectivity index (χ4v) is 2.92. The molecule has 2 rings (SSSR count). The van der Waals surface area contributed by atoms with Crippen LogP contribution in [-0.2, 0) is 9.53 Å². The number of piperidine rings is 1. The number of ether oxygens (including phenoxy) is 1. The van der Waals surface area contributed by atoms with Gasteiger partial charge in [-0.25, -0.2) is 4.79 Å². The Hall–Kier alpha value is -1.52. The third-order valence-corrected chi connectivity index (χ3v) is 3.68. The molecule has 19 heavy (non-hydrogen) atoms. The van der Waals surface area contributed by atoms with Crippen LogP contribution in [0.25, 0.3) is 0 Å². The summed E-state index contributed by atoms with van der Waals surface area (Å²) in [6, 6.07) is 0.351. The molecule has 1 N–H and O–H groups in total. The third-order valence-electron chi connectivity index (χ3n) is 3.68. The predicted molar refractivity (Wildman–Crippen MR) is 71.6 cm³/mol. The van der Waals surface area contributed by atoms with E-state index in [1.807, 2.05) is 20.8 Å². The summed E-state index contributed by atoms with van der Waals surface area (Å²) >= 11 is 0. The molecule has 2 fully saturated rings. The van der Waals surface area contributed by atoms with Crippen LogP contribution in [0.1, 0.15) is 33.6 Å². The van der Waals surface area contributed by atoms with Crippen molar-refractivity contribution in [2.45, 2.75) is 51.3 Å². The van der Waals surface area contributed by atoms with Crippen molar-refractivity contribution in [3.63, 3.8) is 0 Å². The number of hydrogen-bond donors (Lipinski definition) is 1. The van der Waals surface area contributed by atoms with Crippen LogP contribution in [0.5, 0.6) is 0 Å². The van der Waals surface area contributed by atoms with Crippen LogP contribution in [0.3, 0.4) is 0 Å². The van der Waals surface area contributed by atoms with Gasteiger partial charge < -0.3 is 15.0 Å². The highest BCUT2D eigenvalue weighted by molar-refractivity contribution is 5.87. The van der Waals surface area contributed by atoms with Crippen LogP contribution in [0.4, 0.5) is 4.79 Å². The molecule has 0 aromatic rings. The summed E-state index contributed by atoms with van der Waals surface area (Å²) in [4.78, 5) is 25.1. The molecule has 106 valence electrons. The van der Waals surface area contributed by atoms with Crippen molar-refractivity contribution >= 4 is 12.0 Å². The molecule has 0 spiro atoms. The lowest BCUT2D eigenvalue weighted by Crippen LogP contribution is -2.48. The normalized spacial score (nSPS) is 29.2. The van der Waals surface area contributed by atoms with Crippen LogP contribution in [-0.4, -0.2) is 41.1 Å². The lowest BCUT2D eigenvalue weighted by Gasteiger charge is -2.33. The van der Waals surface area contributed by atoms with E-state index in [0.29, 0.717) is 12.5 Å². The Morgan fingerprint density at radius 2 is 2.05 bits per heavy atom. The van der Waals surface area contributed by atoms with Crippen LogP contribution < -0.4 is 5.32 Å². The number of hydrogen-bond acceptors (Lipinski definition) is 3. The molecular weight excluding hydrogens is 244 g/mol. The van der Waals surface area contributed by atoms with Gasteiger partial charge >= 0.3 is 6.09 Å². The third kappa shape index (κ3) is 3.08. The van der Waals surface area contributed by atoms with Gasteiger partial charge in [-0.05, 0) is 45.6 Å². The zero-order valence-electron chi connectivity index (χ0n) is 11.8. The average molecular weight is 266 g/mol. The Kier molecular flexibility index (Phi) is 3.56. The first kappa shape index (κ1) is 13.9. The highest BCUT2D eigenvalue weighted by Gasteiger charge is 2.47. The van der Waals surface area contributed by atoms with E-state index in [2.05, 4.69) is 11.9 Å². The minimum Gasteiger partial charge on any atom is -0.444 e. The van der Waals surface area contributed by atoms with Crippen molar-refractivity contribution in [1.29, 1.82) is 0 Å². The van der Waals surface area contributed by atoms with Gasteiger partial charge in [0, 0.05) is 18.6 Å². The van der Waals surface area contributed by atoms with Crippen LogP contribution in [0.2, 0.25) is 0 Å². The first-order valence-electron chi connectivity index (χ1n) is 6.72.